The highest BCUT2D eigenvalue weighted by Crippen LogP contribution is 2.34. The van der Waals surface area contributed by atoms with Crippen LogP contribution in [0, 0.1) is 17.5 Å². The van der Waals surface area contributed by atoms with Gasteiger partial charge in [-0.3, -0.25) is 24.3 Å². The van der Waals surface area contributed by atoms with E-state index in [9.17, 15) is 57.9 Å². The van der Waals surface area contributed by atoms with E-state index in [-0.39, 0.29) is 54.8 Å². The molecule has 6 aliphatic rings. The lowest BCUT2D eigenvalue weighted by Crippen LogP contribution is -2.33. The highest BCUT2D eigenvalue weighted by molar-refractivity contribution is 7.89. The molecular formula is C93H95Cl3F3N15O16S3. The van der Waals surface area contributed by atoms with E-state index in [2.05, 4.69) is 66.7 Å². The number of halogens is 6. The molecule has 6 aromatic carbocycles. The number of ether oxygens (including phenoxy) is 6. The van der Waals surface area contributed by atoms with Crippen molar-refractivity contribution >= 4 is 132 Å². The van der Waals surface area contributed by atoms with E-state index in [0.29, 0.717) is 115 Å². The van der Waals surface area contributed by atoms with Crippen molar-refractivity contribution in [1.82, 2.24) is 67.7 Å². The van der Waals surface area contributed by atoms with Crippen molar-refractivity contribution in [2.45, 2.75) is 116 Å². The van der Waals surface area contributed by atoms with Crippen LogP contribution < -0.4 is 28.8 Å². The summed E-state index contributed by atoms with van der Waals surface area (Å²) in [5.74, 6) is 0.275. The lowest BCUT2D eigenvalue weighted by Gasteiger charge is -2.29. The SMILES string of the molecule is CS(=O)(=O)NC(=O)c1ccc2nc(CN3CC=C(c4cccc(OCc5ccc(Cl)cc5F)n4)CC3)n(C[C@@H]3CCO3)c2c1.CS(=O)(=O)NC(=O)c1ccc2nc(CN3CC=C(c4cccc(OCc5ccc(Cl)cc5F)n4)CC3)n(C[C@@H]3CCO3)c2c1.CS(N)(=O)=O.O=C(O)c1ccc2nc(CN3CC=C(c4cccc(OCc5ccc(Cl)cc5F)n4)CC3)n(C[C@@H]3CCO3)c2c1. The second-order valence-electron chi connectivity index (χ2n) is 32.7. The molecule has 40 heteroatoms. The second-order valence-corrected chi connectivity index (χ2v) is 39.2. The number of carboxylic acid groups (broad SMARTS) is 1. The molecule has 0 saturated carbocycles. The molecule has 0 aliphatic carbocycles. The van der Waals surface area contributed by atoms with Crippen LogP contribution in [0.1, 0.15) is 121 Å². The Hall–Kier alpha value is -11.6. The van der Waals surface area contributed by atoms with Crippen LogP contribution >= 0.6 is 34.8 Å². The van der Waals surface area contributed by atoms with Crippen LogP contribution in [0.4, 0.5) is 13.2 Å². The standard InChI is InChI=1S/2C31H31ClFN5O5S.C30H28ClFN4O4.CH5NO2S/c2*1-44(40,41)36-31(39)21-6-8-27-28(15-21)38(17-24-11-14-42-24)29(34-27)18-37-12-9-20(10-13-37)26-3-2-4-30(35-26)43-19-22-5-7-23(32)16-25(22)33;31-22-6-4-21(24(32)15-22)18-40-29-3-1-2-25(34-29)19-8-11-35(12-9-19)17-28-33-26-7-5-20(30(37)38)14-27(26)36(28)16-23-10-13-39-23;1-5(2,3)4/h2*2-9,15-16,24H,10-14,17-19H2,1H3,(H,36,39);1-8,14-15,23H,9-13,16-18H2,(H,37,38);1H3,(H2,2,3,4)/t2*24-;23-;/m000./s1. The Morgan fingerprint density at radius 2 is 0.729 bits per heavy atom. The molecule has 3 atom stereocenters. The fraction of sp³-hybridized carbons (Fsp3) is 0.323. The first-order valence-corrected chi connectivity index (χ1v) is 49.5. The summed E-state index contributed by atoms with van der Waals surface area (Å²) in [6, 6.07) is 45.3. The number of nitrogens with two attached hydrogens (primary N) is 1. The molecule has 6 aliphatic heterocycles. The van der Waals surface area contributed by atoms with Gasteiger partial charge in [-0.25, -0.2) is 87.7 Å². The van der Waals surface area contributed by atoms with Crippen molar-refractivity contribution < 1.29 is 86.3 Å². The maximum absolute atomic E-state index is 14.1. The average Bonchev–Trinajstić information content (AvgIpc) is 1.64. The van der Waals surface area contributed by atoms with E-state index in [4.69, 9.17) is 78.2 Å². The van der Waals surface area contributed by atoms with Gasteiger partial charge in [0.15, 0.2) is 0 Å². The number of aromatic carboxylic acids is 1. The lowest BCUT2D eigenvalue weighted by molar-refractivity contribution is -0.0593. The van der Waals surface area contributed by atoms with Crippen molar-refractivity contribution in [3.8, 4) is 17.6 Å². The summed E-state index contributed by atoms with van der Waals surface area (Å²) in [5.41, 5.74) is 12.3. The zero-order chi connectivity index (χ0) is 93.8. The number of fused-ring (bicyclic) bond motifs is 3. The van der Waals surface area contributed by atoms with Crippen molar-refractivity contribution in [3.63, 3.8) is 0 Å². The number of aromatic nitrogens is 9. The number of amides is 2. The van der Waals surface area contributed by atoms with Gasteiger partial charge in [-0.2, -0.15) is 0 Å². The van der Waals surface area contributed by atoms with Crippen LogP contribution in [0.5, 0.6) is 17.6 Å². The number of rotatable bonds is 29. The number of imidazole rings is 3. The molecule has 2 amide bonds. The average molecular weight is 1940 g/mol. The Kier molecular flexibility index (Phi) is 30.9. The Bertz CT molecular complexity index is 6560. The van der Waals surface area contributed by atoms with E-state index < -0.39 is 65.3 Å². The maximum Gasteiger partial charge on any atom is 0.335 e. The van der Waals surface area contributed by atoms with E-state index in [1.807, 2.05) is 45.8 Å². The first-order valence-electron chi connectivity index (χ1n) is 42.6. The van der Waals surface area contributed by atoms with Crippen molar-refractivity contribution in [2.24, 2.45) is 5.14 Å². The number of primary sulfonamides is 1. The van der Waals surface area contributed by atoms with Gasteiger partial charge in [-0.1, -0.05) is 89.4 Å². The quantitative estimate of drug-likeness (QED) is 0.0338. The van der Waals surface area contributed by atoms with Crippen molar-refractivity contribution in [3.05, 3.63) is 282 Å². The zero-order valence-electron chi connectivity index (χ0n) is 72.5. The van der Waals surface area contributed by atoms with Crippen LogP contribution in [0.15, 0.2) is 182 Å². The minimum atomic E-state index is -3.69. The Morgan fingerprint density at radius 1 is 0.436 bits per heavy atom. The Balaban J connectivity index is 0.000000148. The molecule has 133 heavy (non-hydrogen) atoms. The topological polar surface area (TPSA) is 381 Å². The maximum atomic E-state index is 14.1. The molecule has 3 fully saturated rings. The fourth-order valence-corrected chi connectivity index (χ4v) is 16.9. The van der Waals surface area contributed by atoms with Gasteiger partial charge in [0.05, 0.1) is 132 Å². The molecule has 0 unspecified atom stereocenters. The van der Waals surface area contributed by atoms with Gasteiger partial charge in [0.1, 0.15) is 54.7 Å². The third-order valence-electron chi connectivity index (χ3n) is 22.7. The van der Waals surface area contributed by atoms with Gasteiger partial charge in [-0.05, 0) is 164 Å². The molecule has 3 saturated heterocycles. The zero-order valence-corrected chi connectivity index (χ0v) is 77.2. The number of pyridine rings is 3. The van der Waals surface area contributed by atoms with Crippen LogP contribution in [0.25, 0.3) is 49.8 Å². The fourth-order valence-electron chi connectivity index (χ4n) is 15.5. The highest BCUT2D eigenvalue weighted by Gasteiger charge is 2.30. The largest absolute Gasteiger partial charge is 0.478 e. The third-order valence-corrected chi connectivity index (χ3v) is 24.5. The lowest BCUT2D eigenvalue weighted by atomic mass is 10.0. The summed E-state index contributed by atoms with van der Waals surface area (Å²) in [7, 11) is -10.5. The molecular weight excluding hydrogens is 1840 g/mol. The van der Waals surface area contributed by atoms with E-state index >= 15 is 0 Å². The number of carbonyl (C=O) groups is 3. The summed E-state index contributed by atoms with van der Waals surface area (Å²) >= 11 is 17.5. The van der Waals surface area contributed by atoms with E-state index in [0.717, 1.165) is 174 Å². The Labute approximate surface area is 780 Å². The van der Waals surface area contributed by atoms with E-state index in [1.165, 1.54) is 18.2 Å². The number of carboxylic acids is 1. The third kappa shape index (κ3) is 26.3. The van der Waals surface area contributed by atoms with Crippen molar-refractivity contribution in [1.29, 1.82) is 0 Å². The van der Waals surface area contributed by atoms with Gasteiger partial charge in [-0.15, -0.1) is 0 Å². The molecule has 5 N–H and O–H groups in total. The minimum absolute atomic E-state index is 0.0447. The van der Waals surface area contributed by atoms with E-state index in [1.54, 1.807) is 109 Å². The molecule has 6 aromatic heterocycles. The number of hydrogen-bond donors (Lipinski definition) is 4. The number of benzene rings is 6. The highest BCUT2D eigenvalue weighted by atomic mass is 35.5. The monoisotopic (exact) mass is 1940 g/mol. The summed E-state index contributed by atoms with van der Waals surface area (Å²) < 4.78 is 152. The van der Waals surface area contributed by atoms with Gasteiger partial charge < -0.3 is 47.2 Å². The first-order chi connectivity index (χ1) is 63.6. The number of carbonyl (C=O) groups excluding carboxylic acids is 2. The van der Waals surface area contributed by atoms with Gasteiger partial charge >= 0.3 is 5.97 Å². The van der Waals surface area contributed by atoms with Crippen LogP contribution in [0.3, 0.4) is 0 Å². The molecule has 0 bridgehead atoms. The van der Waals surface area contributed by atoms with Crippen LogP contribution in [0.2, 0.25) is 15.1 Å². The smallest absolute Gasteiger partial charge is 0.335 e. The predicted molar refractivity (Wildman–Crippen MR) is 496 cm³/mol. The first kappa shape index (κ1) is 96.0. The Morgan fingerprint density at radius 3 is 0.985 bits per heavy atom. The summed E-state index contributed by atoms with van der Waals surface area (Å²) in [6.45, 7) is 10.4. The molecule has 12 aromatic rings. The number of sulfonamides is 3. The van der Waals surface area contributed by atoms with Gasteiger partial charge in [0, 0.05) is 120 Å². The molecule has 0 radical (unpaired) electrons. The molecule has 31 nitrogen and oxygen atoms in total. The minimum Gasteiger partial charge on any atom is -0.478 e. The normalized spacial score (nSPS) is 17.1. The summed E-state index contributed by atoms with van der Waals surface area (Å²) in [5, 5.41) is 14.8. The van der Waals surface area contributed by atoms with Crippen molar-refractivity contribution in [2.75, 3.05) is 77.9 Å². The van der Waals surface area contributed by atoms with Gasteiger partial charge in [0.2, 0.25) is 47.7 Å². The number of nitrogens with one attached hydrogen (secondary N) is 2. The molecule has 18 rings (SSSR count). The van der Waals surface area contributed by atoms with Gasteiger partial charge in [0.25, 0.3) is 11.8 Å². The molecule has 12 heterocycles. The summed E-state index contributed by atoms with van der Waals surface area (Å²) in [6.07, 6.45) is 14.7. The number of nitrogens with zero attached hydrogens (tertiary/aromatic N) is 12. The second kappa shape index (κ2) is 42.8. The van der Waals surface area contributed by atoms with Crippen LogP contribution in [-0.2, 0) is 103 Å². The van der Waals surface area contributed by atoms with Crippen LogP contribution in [-0.4, -0.2) is 203 Å². The summed E-state index contributed by atoms with van der Waals surface area (Å²) in [4.78, 5) is 72.0. The predicted octanol–water partition coefficient (Wildman–Crippen LogP) is 13.6. The molecule has 0 spiro atoms. The number of hydrogen-bond acceptors (Lipinski definition) is 24. The molecule has 698 valence electrons.